The standard InChI is InChI=1S/C19H26N2O3/c1-14-5-6-17(15(2)12-14)19(23)21-7-3-4-16(13-21)18(22)20-8-10-24-11-9-20/h5-6,12,16H,3-4,7-11,13H2,1-2H3. The van der Waals surface area contributed by atoms with Crippen molar-refractivity contribution >= 4 is 11.8 Å². The molecule has 1 aromatic carbocycles. The molecule has 5 nitrogen and oxygen atoms in total. The number of hydrogen-bond donors (Lipinski definition) is 0. The SMILES string of the molecule is Cc1ccc(C(=O)N2CCCC(C(=O)N3CCOCC3)C2)c(C)c1. The predicted octanol–water partition coefficient (Wildman–Crippen LogP) is 2.01. The normalized spacial score (nSPS) is 21.7. The zero-order valence-corrected chi connectivity index (χ0v) is 14.6. The third-order valence-corrected chi connectivity index (χ3v) is 4.99. The summed E-state index contributed by atoms with van der Waals surface area (Å²) in [5, 5.41) is 0. The van der Waals surface area contributed by atoms with Crippen LogP contribution >= 0.6 is 0 Å². The Morgan fingerprint density at radius 3 is 2.54 bits per heavy atom. The van der Waals surface area contributed by atoms with Crippen LogP contribution in [0.15, 0.2) is 18.2 Å². The van der Waals surface area contributed by atoms with Crippen LogP contribution in [0.25, 0.3) is 0 Å². The molecule has 0 aromatic heterocycles. The third-order valence-electron chi connectivity index (χ3n) is 4.99. The Morgan fingerprint density at radius 2 is 1.83 bits per heavy atom. The number of carbonyl (C=O) groups is 2. The number of carbonyl (C=O) groups excluding carboxylic acids is 2. The number of ether oxygens (including phenoxy) is 1. The Kier molecular flexibility index (Phi) is 5.19. The van der Waals surface area contributed by atoms with E-state index < -0.39 is 0 Å². The number of piperidine rings is 1. The van der Waals surface area contributed by atoms with Gasteiger partial charge in [0.1, 0.15) is 0 Å². The van der Waals surface area contributed by atoms with Crippen molar-refractivity contribution < 1.29 is 14.3 Å². The molecule has 0 N–H and O–H groups in total. The molecular weight excluding hydrogens is 304 g/mol. The Bertz CT molecular complexity index is 623. The van der Waals surface area contributed by atoms with Gasteiger partial charge in [0.05, 0.1) is 19.1 Å². The second kappa shape index (κ2) is 7.34. The Hall–Kier alpha value is -1.88. The van der Waals surface area contributed by atoms with Gasteiger partial charge in [-0.15, -0.1) is 0 Å². The maximum absolute atomic E-state index is 12.9. The summed E-state index contributed by atoms with van der Waals surface area (Å²) in [7, 11) is 0. The Morgan fingerprint density at radius 1 is 1.08 bits per heavy atom. The fraction of sp³-hybridized carbons (Fsp3) is 0.579. The number of morpholine rings is 1. The Balaban J connectivity index is 1.68. The Labute approximate surface area is 143 Å². The van der Waals surface area contributed by atoms with Crippen LogP contribution < -0.4 is 0 Å². The molecule has 2 amide bonds. The van der Waals surface area contributed by atoms with Crippen LogP contribution in [0, 0.1) is 19.8 Å². The van der Waals surface area contributed by atoms with Crippen LogP contribution in [-0.2, 0) is 9.53 Å². The summed E-state index contributed by atoms with van der Waals surface area (Å²) >= 11 is 0. The fourth-order valence-corrected chi connectivity index (χ4v) is 3.63. The van der Waals surface area contributed by atoms with E-state index in [1.165, 1.54) is 0 Å². The van der Waals surface area contributed by atoms with Gasteiger partial charge in [0.25, 0.3) is 5.91 Å². The maximum atomic E-state index is 12.9. The average molecular weight is 330 g/mol. The molecule has 130 valence electrons. The van der Waals surface area contributed by atoms with Gasteiger partial charge in [-0.25, -0.2) is 0 Å². The maximum Gasteiger partial charge on any atom is 0.254 e. The molecule has 2 heterocycles. The van der Waals surface area contributed by atoms with E-state index in [0.29, 0.717) is 32.8 Å². The van der Waals surface area contributed by atoms with Gasteiger partial charge >= 0.3 is 0 Å². The van der Waals surface area contributed by atoms with Crippen LogP contribution in [-0.4, -0.2) is 61.0 Å². The highest BCUT2D eigenvalue weighted by Gasteiger charge is 2.32. The van der Waals surface area contributed by atoms with E-state index in [-0.39, 0.29) is 17.7 Å². The second-order valence-electron chi connectivity index (χ2n) is 6.85. The number of rotatable bonds is 2. The van der Waals surface area contributed by atoms with Crippen molar-refractivity contribution in [3.8, 4) is 0 Å². The number of nitrogens with zero attached hydrogens (tertiary/aromatic N) is 2. The summed E-state index contributed by atoms with van der Waals surface area (Å²) in [6.45, 7) is 7.83. The number of likely N-dealkylation sites (tertiary alicyclic amines) is 1. The molecule has 0 aliphatic carbocycles. The third kappa shape index (κ3) is 3.61. The zero-order valence-electron chi connectivity index (χ0n) is 14.6. The summed E-state index contributed by atoms with van der Waals surface area (Å²) in [6, 6.07) is 5.91. The van der Waals surface area contributed by atoms with Gasteiger partial charge < -0.3 is 14.5 Å². The first-order chi connectivity index (χ1) is 11.6. The smallest absolute Gasteiger partial charge is 0.254 e. The molecule has 1 unspecified atom stereocenters. The van der Waals surface area contributed by atoms with Crippen LogP contribution in [0.1, 0.15) is 34.3 Å². The average Bonchev–Trinajstić information content (AvgIpc) is 2.61. The van der Waals surface area contributed by atoms with E-state index in [4.69, 9.17) is 4.74 Å². The minimum atomic E-state index is -0.0773. The van der Waals surface area contributed by atoms with Gasteiger partial charge in [-0.1, -0.05) is 17.7 Å². The van der Waals surface area contributed by atoms with Gasteiger partial charge in [-0.3, -0.25) is 9.59 Å². The number of benzene rings is 1. The molecule has 0 bridgehead atoms. The highest BCUT2D eigenvalue weighted by molar-refractivity contribution is 5.96. The van der Waals surface area contributed by atoms with E-state index in [0.717, 1.165) is 36.1 Å². The fourth-order valence-electron chi connectivity index (χ4n) is 3.63. The van der Waals surface area contributed by atoms with Crippen LogP contribution in [0.4, 0.5) is 0 Å². The van der Waals surface area contributed by atoms with Crippen molar-refractivity contribution in [3.05, 3.63) is 34.9 Å². The van der Waals surface area contributed by atoms with Gasteiger partial charge in [0, 0.05) is 31.7 Å². The summed E-state index contributed by atoms with van der Waals surface area (Å²) in [5.74, 6) is 0.148. The quantitative estimate of drug-likeness (QED) is 0.833. The van der Waals surface area contributed by atoms with Crippen molar-refractivity contribution in [1.82, 2.24) is 9.80 Å². The molecule has 2 fully saturated rings. The molecule has 3 rings (SSSR count). The van der Waals surface area contributed by atoms with Gasteiger partial charge in [-0.05, 0) is 38.3 Å². The summed E-state index contributed by atoms with van der Waals surface area (Å²) in [5.41, 5.74) is 2.91. The van der Waals surface area contributed by atoms with Crippen molar-refractivity contribution in [2.24, 2.45) is 5.92 Å². The molecule has 0 spiro atoms. The minimum Gasteiger partial charge on any atom is -0.378 e. The van der Waals surface area contributed by atoms with E-state index >= 15 is 0 Å². The topological polar surface area (TPSA) is 49.9 Å². The van der Waals surface area contributed by atoms with Crippen molar-refractivity contribution in [1.29, 1.82) is 0 Å². The number of amides is 2. The van der Waals surface area contributed by atoms with Crippen LogP contribution in [0.5, 0.6) is 0 Å². The van der Waals surface area contributed by atoms with E-state index in [2.05, 4.69) is 0 Å². The molecule has 24 heavy (non-hydrogen) atoms. The monoisotopic (exact) mass is 330 g/mol. The van der Waals surface area contributed by atoms with Gasteiger partial charge in [0.2, 0.25) is 5.91 Å². The van der Waals surface area contributed by atoms with Crippen molar-refractivity contribution in [2.45, 2.75) is 26.7 Å². The molecule has 0 saturated carbocycles. The van der Waals surface area contributed by atoms with E-state index in [1.54, 1.807) is 0 Å². The summed E-state index contributed by atoms with van der Waals surface area (Å²) < 4.78 is 5.32. The summed E-state index contributed by atoms with van der Waals surface area (Å²) in [4.78, 5) is 29.3. The zero-order chi connectivity index (χ0) is 17.1. The second-order valence-corrected chi connectivity index (χ2v) is 6.85. The summed E-state index contributed by atoms with van der Waals surface area (Å²) in [6.07, 6.45) is 1.75. The highest BCUT2D eigenvalue weighted by Crippen LogP contribution is 2.22. The number of aryl methyl sites for hydroxylation is 2. The number of hydrogen-bond acceptors (Lipinski definition) is 3. The lowest BCUT2D eigenvalue weighted by Crippen LogP contribution is -2.49. The van der Waals surface area contributed by atoms with Crippen LogP contribution in [0.2, 0.25) is 0 Å². The molecule has 1 aromatic rings. The van der Waals surface area contributed by atoms with Crippen molar-refractivity contribution in [3.63, 3.8) is 0 Å². The lowest BCUT2D eigenvalue weighted by Gasteiger charge is -2.36. The first-order valence-electron chi connectivity index (χ1n) is 8.79. The minimum absolute atomic E-state index is 0.0481. The molecule has 2 aliphatic rings. The van der Waals surface area contributed by atoms with Gasteiger partial charge in [-0.2, -0.15) is 0 Å². The van der Waals surface area contributed by atoms with Crippen LogP contribution in [0.3, 0.4) is 0 Å². The molecule has 0 radical (unpaired) electrons. The van der Waals surface area contributed by atoms with E-state index in [9.17, 15) is 9.59 Å². The first kappa shape index (κ1) is 17.0. The largest absolute Gasteiger partial charge is 0.378 e. The molecule has 2 saturated heterocycles. The molecule has 2 aliphatic heterocycles. The molecular formula is C19H26N2O3. The van der Waals surface area contributed by atoms with Gasteiger partial charge in [0.15, 0.2) is 0 Å². The predicted molar refractivity (Wildman–Crippen MR) is 91.9 cm³/mol. The van der Waals surface area contributed by atoms with Crippen molar-refractivity contribution in [2.75, 3.05) is 39.4 Å². The van der Waals surface area contributed by atoms with E-state index in [1.807, 2.05) is 41.8 Å². The lowest BCUT2D eigenvalue weighted by molar-refractivity contribution is -0.141. The molecule has 1 atom stereocenters. The first-order valence-corrected chi connectivity index (χ1v) is 8.79. The lowest BCUT2D eigenvalue weighted by atomic mass is 9.95. The highest BCUT2D eigenvalue weighted by atomic mass is 16.5. The molecule has 5 heteroatoms.